The number of hydrogen-bond acceptors (Lipinski definition) is 2. The van der Waals surface area contributed by atoms with Gasteiger partial charge < -0.3 is 10.1 Å². The maximum atomic E-state index is 5.68. The third-order valence-electron chi connectivity index (χ3n) is 3.11. The molecule has 2 heteroatoms. The van der Waals surface area contributed by atoms with E-state index >= 15 is 0 Å². The lowest BCUT2D eigenvalue weighted by molar-refractivity contribution is 0.240. The van der Waals surface area contributed by atoms with E-state index in [0.717, 1.165) is 31.7 Å². The van der Waals surface area contributed by atoms with Crippen molar-refractivity contribution in [2.45, 2.75) is 66.5 Å². The predicted octanol–water partition coefficient (Wildman–Crippen LogP) is 4.78. The molecule has 2 nitrogen and oxygen atoms in total. The average molecular weight is 277 g/mol. The molecule has 1 rings (SSSR count). The fraction of sp³-hybridized carbons (Fsp3) is 0.667. The van der Waals surface area contributed by atoms with Crippen molar-refractivity contribution in [1.29, 1.82) is 0 Å². The van der Waals surface area contributed by atoms with Crippen molar-refractivity contribution in [1.82, 2.24) is 5.32 Å². The van der Waals surface area contributed by atoms with Gasteiger partial charge in [-0.1, -0.05) is 39.8 Å². The van der Waals surface area contributed by atoms with E-state index in [1.165, 1.54) is 5.56 Å². The van der Waals surface area contributed by atoms with Gasteiger partial charge in [-0.3, -0.25) is 0 Å². The molecule has 0 atom stereocenters. The molecule has 0 saturated heterocycles. The van der Waals surface area contributed by atoms with Crippen LogP contribution in [0.15, 0.2) is 24.3 Å². The fourth-order valence-corrected chi connectivity index (χ4v) is 2.69. The van der Waals surface area contributed by atoms with E-state index in [9.17, 15) is 0 Å². The van der Waals surface area contributed by atoms with E-state index in [4.69, 9.17) is 4.74 Å². The molecule has 0 fully saturated rings. The van der Waals surface area contributed by atoms with Crippen molar-refractivity contribution >= 4 is 0 Å². The molecule has 114 valence electrons. The zero-order chi connectivity index (χ0) is 15.2. The van der Waals surface area contributed by atoms with Crippen LogP contribution in [0.4, 0.5) is 0 Å². The Hall–Kier alpha value is -1.02. The Balaban J connectivity index is 2.56. The first kappa shape index (κ1) is 17.0. The van der Waals surface area contributed by atoms with Crippen LogP contribution in [0.2, 0.25) is 0 Å². The first-order valence-corrected chi connectivity index (χ1v) is 7.69. The van der Waals surface area contributed by atoms with Crippen molar-refractivity contribution in [3.8, 4) is 5.75 Å². The molecule has 20 heavy (non-hydrogen) atoms. The van der Waals surface area contributed by atoms with E-state index in [2.05, 4.69) is 65.1 Å². The maximum absolute atomic E-state index is 5.68. The molecule has 0 amide bonds. The summed E-state index contributed by atoms with van der Waals surface area (Å²) < 4.78 is 5.68. The minimum absolute atomic E-state index is 0.137. The van der Waals surface area contributed by atoms with Gasteiger partial charge >= 0.3 is 0 Å². The summed E-state index contributed by atoms with van der Waals surface area (Å²) in [4.78, 5) is 0. The van der Waals surface area contributed by atoms with Crippen LogP contribution in [0.3, 0.4) is 0 Å². The lowest BCUT2D eigenvalue weighted by atomic mass is 9.82. The zero-order valence-electron chi connectivity index (χ0n) is 14.0. The predicted molar refractivity (Wildman–Crippen MR) is 87.2 cm³/mol. The molecule has 0 aliphatic rings. The summed E-state index contributed by atoms with van der Waals surface area (Å²) in [5.41, 5.74) is 1.75. The molecule has 0 saturated carbocycles. The second kappa shape index (κ2) is 7.12. The summed E-state index contributed by atoms with van der Waals surface area (Å²) in [5.74, 6) is 0.972. The number of nitrogens with one attached hydrogen (secondary N) is 1. The summed E-state index contributed by atoms with van der Waals surface area (Å²) in [6.07, 6.45) is 2.19. The van der Waals surface area contributed by atoms with E-state index in [1.54, 1.807) is 0 Å². The van der Waals surface area contributed by atoms with Gasteiger partial charge in [-0.2, -0.15) is 0 Å². The highest BCUT2D eigenvalue weighted by Crippen LogP contribution is 2.27. The van der Waals surface area contributed by atoms with Gasteiger partial charge in [0.05, 0.1) is 6.61 Å². The highest BCUT2D eigenvalue weighted by molar-refractivity contribution is 5.28. The molecule has 0 aromatic heterocycles. The number of benzene rings is 1. The number of rotatable bonds is 7. The lowest BCUT2D eigenvalue weighted by Gasteiger charge is -2.33. The van der Waals surface area contributed by atoms with Gasteiger partial charge in [0.15, 0.2) is 0 Å². The smallest absolute Gasteiger partial charge is 0.119 e. The first-order chi connectivity index (χ1) is 9.22. The Morgan fingerprint density at radius 3 is 2.40 bits per heavy atom. The molecular weight excluding hydrogens is 246 g/mol. The molecule has 1 aromatic rings. The van der Waals surface area contributed by atoms with E-state index < -0.39 is 0 Å². The van der Waals surface area contributed by atoms with Gasteiger partial charge in [-0.15, -0.1) is 0 Å². The molecule has 0 bridgehead atoms. The third-order valence-corrected chi connectivity index (χ3v) is 3.11. The van der Waals surface area contributed by atoms with Crippen LogP contribution in [-0.2, 0) is 6.54 Å². The van der Waals surface area contributed by atoms with Gasteiger partial charge in [0, 0.05) is 12.1 Å². The highest BCUT2D eigenvalue weighted by atomic mass is 16.5. The molecule has 0 unspecified atom stereocenters. The normalized spacial score (nSPS) is 12.5. The SMILES string of the molecule is CCCOc1cccc(CNC(C)(C)CC(C)(C)C)c1. The Bertz CT molecular complexity index is 404. The van der Waals surface area contributed by atoms with Crippen LogP contribution in [0.1, 0.15) is 59.9 Å². The van der Waals surface area contributed by atoms with Crippen LogP contribution in [0, 0.1) is 5.41 Å². The standard InChI is InChI=1S/C18H31NO/c1-7-11-20-16-10-8-9-15(12-16)13-19-18(5,6)14-17(2,3)4/h8-10,12,19H,7,11,13-14H2,1-6H3. The summed E-state index contributed by atoms with van der Waals surface area (Å²) in [5, 5.41) is 3.66. The van der Waals surface area contributed by atoms with Gasteiger partial charge in [0.25, 0.3) is 0 Å². The molecule has 0 heterocycles. The van der Waals surface area contributed by atoms with Crippen molar-refractivity contribution in [2.75, 3.05) is 6.61 Å². The van der Waals surface area contributed by atoms with Crippen molar-refractivity contribution in [3.63, 3.8) is 0 Å². The maximum Gasteiger partial charge on any atom is 0.119 e. The Morgan fingerprint density at radius 1 is 1.10 bits per heavy atom. The average Bonchev–Trinajstić information content (AvgIpc) is 2.32. The van der Waals surface area contributed by atoms with Crippen molar-refractivity contribution < 1.29 is 4.74 Å². The highest BCUT2D eigenvalue weighted by Gasteiger charge is 2.24. The molecule has 0 aliphatic carbocycles. The van der Waals surface area contributed by atoms with Crippen LogP contribution in [0.5, 0.6) is 5.75 Å². The minimum Gasteiger partial charge on any atom is -0.494 e. The monoisotopic (exact) mass is 277 g/mol. The molecule has 0 radical (unpaired) electrons. The van der Waals surface area contributed by atoms with Crippen molar-refractivity contribution in [3.05, 3.63) is 29.8 Å². The third kappa shape index (κ3) is 6.95. The minimum atomic E-state index is 0.137. The first-order valence-electron chi connectivity index (χ1n) is 7.69. The topological polar surface area (TPSA) is 21.3 Å². The van der Waals surface area contributed by atoms with Crippen LogP contribution >= 0.6 is 0 Å². The van der Waals surface area contributed by atoms with Gasteiger partial charge in [-0.25, -0.2) is 0 Å². The largest absolute Gasteiger partial charge is 0.494 e. The number of hydrogen-bond donors (Lipinski definition) is 1. The summed E-state index contributed by atoms with van der Waals surface area (Å²) >= 11 is 0. The summed E-state index contributed by atoms with van der Waals surface area (Å²) in [6, 6.07) is 8.38. The molecular formula is C18H31NO. The Kier molecular flexibility index (Phi) is 6.07. The second-order valence-electron chi connectivity index (χ2n) is 7.47. The van der Waals surface area contributed by atoms with E-state index in [1.807, 2.05) is 6.07 Å². The summed E-state index contributed by atoms with van der Waals surface area (Å²) in [6.45, 7) is 15.2. The molecule has 1 aromatic carbocycles. The van der Waals surface area contributed by atoms with E-state index in [0.29, 0.717) is 5.41 Å². The van der Waals surface area contributed by atoms with E-state index in [-0.39, 0.29) is 5.54 Å². The Morgan fingerprint density at radius 2 is 1.80 bits per heavy atom. The molecule has 0 spiro atoms. The van der Waals surface area contributed by atoms with Crippen LogP contribution in [-0.4, -0.2) is 12.1 Å². The second-order valence-corrected chi connectivity index (χ2v) is 7.47. The van der Waals surface area contributed by atoms with Crippen LogP contribution in [0.25, 0.3) is 0 Å². The summed E-state index contributed by atoms with van der Waals surface area (Å²) in [7, 11) is 0. The Labute approximate surface area is 124 Å². The molecule has 0 aliphatic heterocycles. The zero-order valence-corrected chi connectivity index (χ0v) is 14.0. The van der Waals surface area contributed by atoms with Gasteiger partial charge in [-0.05, 0) is 49.8 Å². The fourth-order valence-electron chi connectivity index (χ4n) is 2.69. The van der Waals surface area contributed by atoms with Crippen LogP contribution < -0.4 is 10.1 Å². The van der Waals surface area contributed by atoms with Gasteiger partial charge in [0.1, 0.15) is 5.75 Å². The van der Waals surface area contributed by atoms with Gasteiger partial charge in [0.2, 0.25) is 0 Å². The lowest BCUT2D eigenvalue weighted by Crippen LogP contribution is -2.41. The number of ether oxygens (including phenoxy) is 1. The van der Waals surface area contributed by atoms with Crippen molar-refractivity contribution in [2.24, 2.45) is 5.41 Å². The molecule has 1 N–H and O–H groups in total. The quantitative estimate of drug-likeness (QED) is 0.774.